The van der Waals surface area contributed by atoms with E-state index < -0.39 is 42.7 Å². The lowest BCUT2D eigenvalue weighted by Crippen LogP contribution is -2.58. The van der Waals surface area contributed by atoms with Crippen molar-refractivity contribution in [3.05, 3.63) is 70.9 Å². The summed E-state index contributed by atoms with van der Waals surface area (Å²) in [5.74, 6) is -1.64. The first kappa shape index (κ1) is 33.8. The lowest BCUT2D eigenvalue weighted by Gasteiger charge is -2.38. The molecule has 256 valence electrons. The van der Waals surface area contributed by atoms with Crippen LogP contribution in [0, 0.1) is 5.92 Å². The quantitative estimate of drug-likeness (QED) is 0.277. The Balaban J connectivity index is 1.24. The van der Waals surface area contributed by atoms with Crippen molar-refractivity contribution in [2.24, 2.45) is 5.92 Å². The molecule has 15 heteroatoms. The minimum atomic E-state index is -5.80. The van der Waals surface area contributed by atoms with Gasteiger partial charge in [0.05, 0.1) is 0 Å². The number of carbonyl (C=O) groups excluding carboxylic acids is 4. The molecule has 0 spiro atoms. The van der Waals surface area contributed by atoms with E-state index in [4.69, 9.17) is 9.79 Å². The number of alkyl halides is 2. The van der Waals surface area contributed by atoms with E-state index in [0.29, 0.717) is 58.4 Å². The van der Waals surface area contributed by atoms with Gasteiger partial charge in [0.2, 0.25) is 17.7 Å². The number of rotatable bonds is 7. The second-order valence-corrected chi connectivity index (χ2v) is 14.5. The second-order valence-electron chi connectivity index (χ2n) is 12.8. The highest BCUT2D eigenvalue weighted by Gasteiger charge is 2.50. The van der Waals surface area contributed by atoms with Crippen LogP contribution < -0.4 is 5.32 Å². The molecule has 2 saturated heterocycles. The van der Waals surface area contributed by atoms with Crippen LogP contribution in [0.3, 0.4) is 0 Å². The fraction of sp³-hybridized carbons (Fsp3) is 0.455. The molecule has 4 amide bonds. The van der Waals surface area contributed by atoms with Crippen molar-refractivity contribution in [3.8, 4) is 0 Å². The number of nitrogens with zero attached hydrogens (tertiary/aromatic N) is 3. The molecule has 1 unspecified atom stereocenters. The Kier molecular flexibility index (Phi) is 9.18. The smallest absolute Gasteiger partial charge is 0.351 e. The first-order valence-electron chi connectivity index (χ1n) is 16.0. The van der Waals surface area contributed by atoms with E-state index in [1.54, 1.807) is 14.7 Å². The van der Waals surface area contributed by atoms with E-state index in [2.05, 4.69) is 16.4 Å². The third kappa shape index (κ3) is 6.48. The largest absolute Gasteiger partial charge is 0.399 e. The van der Waals surface area contributed by atoms with Gasteiger partial charge in [-0.3, -0.25) is 23.7 Å². The van der Waals surface area contributed by atoms with Crippen LogP contribution in [0.25, 0.3) is 10.9 Å². The number of piperidine rings is 1. The van der Waals surface area contributed by atoms with Gasteiger partial charge in [-0.2, -0.15) is 8.78 Å². The van der Waals surface area contributed by atoms with Crippen molar-refractivity contribution in [1.29, 1.82) is 0 Å². The number of carbonyl (C=O) groups is 4. The summed E-state index contributed by atoms with van der Waals surface area (Å²) >= 11 is 0. The molecule has 48 heavy (non-hydrogen) atoms. The number of amides is 4. The van der Waals surface area contributed by atoms with Crippen molar-refractivity contribution in [1.82, 2.24) is 25.0 Å². The molecule has 0 aliphatic carbocycles. The minimum absolute atomic E-state index is 0.0401. The Morgan fingerprint density at radius 1 is 0.958 bits per heavy atom. The van der Waals surface area contributed by atoms with Gasteiger partial charge in [0, 0.05) is 56.1 Å². The summed E-state index contributed by atoms with van der Waals surface area (Å²) in [6.07, 6.45) is 2.73. The van der Waals surface area contributed by atoms with Gasteiger partial charge in [-0.05, 0) is 67.3 Å². The predicted molar refractivity (Wildman–Crippen MR) is 171 cm³/mol. The van der Waals surface area contributed by atoms with Crippen LogP contribution in [0.15, 0.2) is 48.5 Å². The normalized spacial score (nSPS) is 19.7. The van der Waals surface area contributed by atoms with Crippen molar-refractivity contribution in [2.75, 3.05) is 26.2 Å². The van der Waals surface area contributed by atoms with Gasteiger partial charge in [-0.15, -0.1) is 0 Å². The van der Waals surface area contributed by atoms with E-state index in [1.165, 1.54) is 24.6 Å². The Labute approximate surface area is 275 Å². The molecule has 3 aliphatic rings. The van der Waals surface area contributed by atoms with Gasteiger partial charge in [0.25, 0.3) is 5.91 Å². The van der Waals surface area contributed by atoms with Gasteiger partial charge < -0.3 is 34.8 Å². The number of likely N-dealkylation sites (tertiary alicyclic amines) is 2. The number of halogens is 2. The number of nitrogens with one attached hydrogen (secondary N) is 2. The fourth-order valence-corrected chi connectivity index (χ4v) is 7.59. The van der Waals surface area contributed by atoms with Crippen LogP contribution in [0.5, 0.6) is 0 Å². The molecule has 0 bridgehead atoms. The van der Waals surface area contributed by atoms with E-state index in [-0.39, 0.29) is 34.3 Å². The molecule has 6 rings (SSSR count). The minimum Gasteiger partial charge on any atom is -0.351 e. The first-order chi connectivity index (χ1) is 22.7. The van der Waals surface area contributed by atoms with Crippen LogP contribution >= 0.6 is 7.60 Å². The van der Waals surface area contributed by atoms with Gasteiger partial charge >= 0.3 is 13.3 Å². The summed E-state index contributed by atoms with van der Waals surface area (Å²) in [6.45, 7) is 3.62. The standard InChI is InChI=1S/C33H38F2N5O7P/c1-20(41)38-14-11-22(12-15-38)29(37-30(42)27-18-24-17-25(8-9-26(24)36-27)33(34,35)48(45,46)47)32(44)40-13-4-7-28(40)31(43)39-16-10-21-5-2-3-6-23(21)19-39/h2-3,5-6,8-9,17-18,22,28-29,36H,4,7,10-16,19H2,1H3,(H,37,42)(H2,45,46,47)/t28-,29?/m0/s1. The molecule has 12 nitrogen and oxygen atoms in total. The molecule has 4 heterocycles. The number of benzene rings is 2. The van der Waals surface area contributed by atoms with Crippen LogP contribution in [-0.4, -0.2) is 91.4 Å². The molecule has 0 saturated carbocycles. The number of H-pyrrole nitrogens is 1. The van der Waals surface area contributed by atoms with E-state index >= 15 is 0 Å². The van der Waals surface area contributed by atoms with Crippen LogP contribution in [0.4, 0.5) is 8.78 Å². The maximum atomic E-state index is 14.4. The summed E-state index contributed by atoms with van der Waals surface area (Å²) in [5.41, 5.74) is -2.82. The van der Waals surface area contributed by atoms with Crippen molar-refractivity contribution < 1.29 is 42.3 Å². The lowest BCUT2D eigenvalue weighted by molar-refractivity contribution is -0.146. The summed E-state index contributed by atoms with van der Waals surface area (Å²) < 4.78 is 40.2. The number of fused-ring (bicyclic) bond motifs is 2. The monoisotopic (exact) mass is 685 g/mol. The van der Waals surface area contributed by atoms with Crippen molar-refractivity contribution >= 4 is 42.1 Å². The van der Waals surface area contributed by atoms with Crippen LogP contribution in [0.1, 0.15) is 59.8 Å². The first-order valence-corrected chi connectivity index (χ1v) is 17.6. The van der Waals surface area contributed by atoms with Gasteiger partial charge in [0.15, 0.2) is 0 Å². The summed E-state index contributed by atoms with van der Waals surface area (Å²) in [7, 11) is -5.80. The van der Waals surface area contributed by atoms with Gasteiger partial charge in [0.1, 0.15) is 17.8 Å². The van der Waals surface area contributed by atoms with E-state index in [1.807, 2.05) is 18.2 Å². The average molecular weight is 686 g/mol. The summed E-state index contributed by atoms with van der Waals surface area (Å²) in [4.78, 5) is 80.0. The zero-order valence-electron chi connectivity index (χ0n) is 26.4. The number of hydrogen-bond acceptors (Lipinski definition) is 5. The topological polar surface area (TPSA) is 163 Å². The Morgan fingerprint density at radius 2 is 1.67 bits per heavy atom. The van der Waals surface area contributed by atoms with Crippen LogP contribution in [0.2, 0.25) is 0 Å². The number of hydrogen-bond donors (Lipinski definition) is 4. The van der Waals surface area contributed by atoms with E-state index in [0.717, 1.165) is 24.1 Å². The molecule has 2 fully saturated rings. The second kappa shape index (κ2) is 13.1. The third-order valence-corrected chi connectivity index (χ3v) is 10.8. The third-order valence-electron chi connectivity index (χ3n) is 9.85. The highest BCUT2D eigenvalue weighted by atomic mass is 31.2. The molecule has 1 aromatic heterocycles. The molecule has 0 radical (unpaired) electrons. The van der Waals surface area contributed by atoms with Gasteiger partial charge in [-0.1, -0.05) is 30.3 Å². The van der Waals surface area contributed by atoms with Crippen molar-refractivity contribution in [2.45, 2.75) is 63.3 Å². The molecule has 2 atom stereocenters. The highest BCUT2D eigenvalue weighted by Crippen LogP contribution is 2.59. The number of aromatic nitrogens is 1. The maximum Gasteiger partial charge on any atom is 0.399 e. The predicted octanol–water partition coefficient (Wildman–Crippen LogP) is 3.33. The molecular formula is C33H38F2N5O7P. The summed E-state index contributed by atoms with van der Waals surface area (Å²) in [6, 6.07) is 10.5. The van der Waals surface area contributed by atoms with Gasteiger partial charge in [-0.25, -0.2) is 0 Å². The van der Waals surface area contributed by atoms with Crippen LogP contribution in [-0.2, 0) is 37.6 Å². The number of aromatic amines is 1. The average Bonchev–Trinajstić information content (AvgIpc) is 3.73. The highest BCUT2D eigenvalue weighted by molar-refractivity contribution is 7.52. The lowest BCUT2D eigenvalue weighted by atomic mass is 9.88. The Morgan fingerprint density at radius 3 is 2.35 bits per heavy atom. The summed E-state index contributed by atoms with van der Waals surface area (Å²) in [5, 5.41) is 2.97. The molecule has 3 aromatic rings. The zero-order chi connectivity index (χ0) is 34.4. The molecular weight excluding hydrogens is 647 g/mol. The van der Waals surface area contributed by atoms with Crippen molar-refractivity contribution in [3.63, 3.8) is 0 Å². The fourth-order valence-electron chi connectivity index (χ4n) is 7.12. The Bertz CT molecular complexity index is 1800. The SMILES string of the molecule is CC(=O)N1CCC(C(NC(=O)c2cc3cc(C(F)(F)P(=O)(O)O)ccc3[nH]2)C(=O)N2CCC[C@H]2C(=O)N2CCc3ccccc3C2)CC1. The molecule has 2 aromatic carbocycles. The molecule has 4 N–H and O–H groups in total. The van der Waals surface area contributed by atoms with E-state index in [9.17, 15) is 32.5 Å². The zero-order valence-corrected chi connectivity index (χ0v) is 27.3. The maximum absolute atomic E-state index is 14.4. The molecule has 3 aliphatic heterocycles. The Hall–Kier alpha value is -4.13.